The molecule has 1 fully saturated rings. The number of nitrogens with one attached hydrogen (secondary N) is 1. The van der Waals surface area contributed by atoms with E-state index >= 15 is 0 Å². The molecular formula is C24H29FN4O2. The lowest BCUT2D eigenvalue weighted by atomic mass is 10.1. The first-order valence-electron chi connectivity index (χ1n) is 10.8. The van der Waals surface area contributed by atoms with Gasteiger partial charge in [-0.15, -0.1) is 0 Å². The van der Waals surface area contributed by atoms with Crippen LogP contribution in [0, 0.1) is 5.82 Å². The molecule has 2 aliphatic rings. The Morgan fingerprint density at radius 3 is 2.48 bits per heavy atom. The maximum Gasteiger partial charge on any atom is 0.251 e. The second kappa shape index (κ2) is 9.06. The Bertz CT molecular complexity index is 966. The summed E-state index contributed by atoms with van der Waals surface area (Å²) in [6, 6.07) is 12.5. The number of ether oxygens (including phenoxy) is 1. The van der Waals surface area contributed by atoms with Crippen molar-refractivity contribution in [1.29, 1.82) is 0 Å². The van der Waals surface area contributed by atoms with E-state index in [0.717, 1.165) is 29.9 Å². The van der Waals surface area contributed by atoms with Gasteiger partial charge in [0, 0.05) is 43.9 Å². The van der Waals surface area contributed by atoms with Crippen LogP contribution in [-0.4, -0.2) is 43.5 Å². The summed E-state index contributed by atoms with van der Waals surface area (Å²) in [5.41, 5.74) is 3.95. The van der Waals surface area contributed by atoms with Crippen molar-refractivity contribution in [2.24, 2.45) is 5.10 Å². The highest BCUT2D eigenvalue weighted by Gasteiger charge is 2.24. The van der Waals surface area contributed by atoms with Crippen LogP contribution in [0.3, 0.4) is 0 Å². The van der Waals surface area contributed by atoms with Gasteiger partial charge in [0.25, 0.3) is 5.91 Å². The Morgan fingerprint density at radius 1 is 1.16 bits per heavy atom. The largest absolute Gasteiger partial charge is 0.372 e. The Labute approximate surface area is 182 Å². The molecule has 2 aromatic rings. The van der Waals surface area contributed by atoms with E-state index in [-0.39, 0.29) is 30.5 Å². The van der Waals surface area contributed by atoms with Crippen LogP contribution in [0.2, 0.25) is 0 Å². The zero-order valence-corrected chi connectivity index (χ0v) is 18.3. The number of hydrogen-bond donors (Lipinski definition) is 1. The van der Waals surface area contributed by atoms with E-state index in [1.165, 1.54) is 6.07 Å². The van der Waals surface area contributed by atoms with Crippen molar-refractivity contribution in [3.05, 3.63) is 59.4 Å². The summed E-state index contributed by atoms with van der Waals surface area (Å²) in [6.07, 6.45) is 1.09. The van der Waals surface area contributed by atoms with Gasteiger partial charge in [-0.2, -0.15) is 5.10 Å². The van der Waals surface area contributed by atoms with Gasteiger partial charge in [0.05, 0.1) is 23.6 Å². The average molecular weight is 425 g/mol. The lowest BCUT2D eigenvalue weighted by Gasteiger charge is -2.37. The summed E-state index contributed by atoms with van der Waals surface area (Å²) >= 11 is 0. The lowest BCUT2D eigenvalue weighted by molar-refractivity contribution is -0.00539. The molecule has 2 atom stereocenters. The monoisotopic (exact) mass is 424 g/mol. The highest BCUT2D eigenvalue weighted by atomic mass is 19.1. The fourth-order valence-electron chi connectivity index (χ4n) is 4.12. The van der Waals surface area contributed by atoms with Crippen LogP contribution >= 0.6 is 0 Å². The predicted octanol–water partition coefficient (Wildman–Crippen LogP) is 3.96. The van der Waals surface area contributed by atoms with Gasteiger partial charge in [-0.1, -0.05) is 6.07 Å². The maximum absolute atomic E-state index is 14.7. The minimum atomic E-state index is -0.279. The molecule has 0 unspecified atom stereocenters. The maximum atomic E-state index is 14.7. The van der Waals surface area contributed by atoms with Crippen molar-refractivity contribution < 1.29 is 13.9 Å². The van der Waals surface area contributed by atoms with Gasteiger partial charge >= 0.3 is 0 Å². The van der Waals surface area contributed by atoms with Crippen molar-refractivity contribution in [1.82, 2.24) is 5.32 Å². The molecule has 1 saturated heterocycles. The molecule has 0 saturated carbocycles. The van der Waals surface area contributed by atoms with Crippen LogP contribution < -0.4 is 15.2 Å². The molecule has 0 radical (unpaired) electrons. The normalized spacial score (nSPS) is 21.2. The topological polar surface area (TPSA) is 57.2 Å². The number of morpholine rings is 1. The molecule has 0 spiro atoms. The number of carbonyl (C=O) groups is 1. The predicted molar refractivity (Wildman–Crippen MR) is 121 cm³/mol. The van der Waals surface area contributed by atoms with Gasteiger partial charge in [0.1, 0.15) is 5.82 Å². The molecule has 4 rings (SSSR count). The molecule has 7 heteroatoms. The molecule has 1 amide bonds. The number of halogens is 1. The van der Waals surface area contributed by atoms with Crippen LogP contribution in [0.1, 0.15) is 43.1 Å². The van der Waals surface area contributed by atoms with E-state index in [1.54, 1.807) is 18.2 Å². The number of carbonyl (C=O) groups excluding carboxylic acids is 1. The van der Waals surface area contributed by atoms with E-state index in [1.807, 2.05) is 48.9 Å². The van der Waals surface area contributed by atoms with Gasteiger partial charge in [-0.3, -0.25) is 9.80 Å². The molecule has 2 aromatic carbocycles. The Kier molecular flexibility index (Phi) is 6.23. The zero-order valence-electron chi connectivity index (χ0n) is 18.3. The fraction of sp³-hybridized carbons (Fsp3) is 0.417. The molecule has 2 heterocycles. The third-order valence-electron chi connectivity index (χ3n) is 5.63. The second-order valence-electron chi connectivity index (χ2n) is 8.39. The molecule has 164 valence electrons. The highest BCUT2D eigenvalue weighted by molar-refractivity contribution is 5.94. The molecule has 0 aliphatic carbocycles. The summed E-state index contributed by atoms with van der Waals surface area (Å²) in [4.78, 5) is 14.5. The first-order chi connectivity index (χ1) is 14.9. The van der Waals surface area contributed by atoms with Gasteiger partial charge in [-0.05, 0) is 62.7 Å². The van der Waals surface area contributed by atoms with Crippen molar-refractivity contribution in [2.75, 3.05) is 29.5 Å². The van der Waals surface area contributed by atoms with E-state index in [9.17, 15) is 9.18 Å². The SMILES string of the molecule is CC1=NN(c2ccc(C(=O)NCc3ccc(N4C[C@@H](C)O[C@H](C)C4)c(F)c3)cc2)CC1. The average Bonchev–Trinajstić information content (AvgIpc) is 3.18. The van der Waals surface area contributed by atoms with Crippen LogP contribution in [0.25, 0.3) is 0 Å². The lowest BCUT2D eigenvalue weighted by Crippen LogP contribution is -2.45. The molecule has 1 N–H and O–H groups in total. The van der Waals surface area contributed by atoms with Crippen LogP contribution in [-0.2, 0) is 11.3 Å². The first-order valence-corrected chi connectivity index (χ1v) is 10.8. The molecule has 0 aromatic heterocycles. The minimum Gasteiger partial charge on any atom is -0.372 e. The zero-order chi connectivity index (χ0) is 22.0. The summed E-state index contributed by atoms with van der Waals surface area (Å²) in [7, 11) is 0. The number of nitrogens with zero attached hydrogens (tertiary/aromatic N) is 3. The molecular weight excluding hydrogens is 395 g/mol. The number of rotatable bonds is 5. The third kappa shape index (κ3) is 5.05. The van der Waals surface area contributed by atoms with Gasteiger partial charge in [0.15, 0.2) is 0 Å². The molecule has 2 aliphatic heterocycles. The van der Waals surface area contributed by atoms with E-state index in [4.69, 9.17) is 4.74 Å². The first kappa shape index (κ1) is 21.3. The van der Waals surface area contributed by atoms with Gasteiger partial charge < -0.3 is 15.0 Å². The molecule has 6 nitrogen and oxygen atoms in total. The quantitative estimate of drug-likeness (QED) is 0.790. The molecule has 31 heavy (non-hydrogen) atoms. The van der Waals surface area contributed by atoms with E-state index in [2.05, 4.69) is 10.4 Å². The number of anilines is 2. The number of hydrazone groups is 1. The Balaban J connectivity index is 1.35. The minimum absolute atomic E-state index is 0.0646. The summed E-state index contributed by atoms with van der Waals surface area (Å²) in [5, 5.41) is 9.28. The Morgan fingerprint density at radius 2 is 1.87 bits per heavy atom. The van der Waals surface area contributed by atoms with Crippen LogP contribution in [0.4, 0.5) is 15.8 Å². The van der Waals surface area contributed by atoms with Crippen molar-refractivity contribution in [3.8, 4) is 0 Å². The smallest absolute Gasteiger partial charge is 0.251 e. The van der Waals surface area contributed by atoms with Crippen LogP contribution in [0.5, 0.6) is 0 Å². The summed E-state index contributed by atoms with van der Waals surface area (Å²) < 4.78 is 20.5. The van der Waals surface area contributed by atoms with Gasteiger partial charge in [-0.25, -0.2) is 4.39 Å². The number of benzene rings is 2. The van der Waals surface area contributed by atoms with Crippen molar-refractivity contribution in [3.63, 3.8) is 0 Å². The van der Waals surface area contributed by atoms with Crippen molar-refractivity contribution in [2.45, 2.75) is 45.9 Å². The summed E-state index contributed by atoms with van der Waals surface area (Å²) in [5.74, 6) is -0.466. The van der Waals surface area contributed by atoms with E-state index in [0.29, 0.717) is 24.3 Å². The number of hydrogen-bond acceptors (Lipinski definition) is 5. The Hall–Kier alpha value is -2.93. The number of amides is 1. The van der Waals surface area contributed by atoms with Crippen LogP contribution in [0.15, 0.2) is 47.6 Å². The van der Waals surface area contributed by atoms with Gasteiger partial charge in [0.2, 0.25) is 0 Å². The van der Waals surface area contributed by atoms with Crippen molar-refractivity contribution >= 4 is 23.0 Å². The highest BCUT2D eigenvalue weighted by Crippen LogP contribution is 2.25. The fourth-order valence-corrected chi connectivity index (χ4v) is 4.12. The summed E-state index contributed by atoms with van der Waals surface area (Å²) in [6.45, 7) is 8.46. The standard InChI is InChI=1S/C24H29FN4O2/c1-16-10-11-29(27-16)21-7-5-20(6-8-21)24(30)26-13-19-4-9-23(22(25)12-19)28-14-17(2)31-18(3)15-28/h4-9,12,17-18H,10-11,13-15H2,1-3H3,(H,26,30)/t17-,18-/m1/s1. The molecule has 0 bridgehead atoms. The second-order valence-corrected chi connectivity index (χ2v) is 8.39. The van der Waals surface area contributed by atoms with E-state index < -0.39 is 0 Å². The third-order valence-corrected chi connectivity index (χ3v) is 5.63.